The van der Waals surface area contributed by atoms with Crippen molar-refractivity contribution in [1.82, 2.24) is 4.72 Å². The number of hydrogen-bond donors (Lipinski definition) is 1. The second kappa shape index (κ2) is 7.75. The minimum atomic E-state index is -3.44. The first kappa shape index (κ1) is 17.1. The van der Waals surface area contributed by atoms with Crippen LogP contribution in [0.25, 0.3) is 0 Å². The van der Waals surface area contributed by atoms with Crippen molar-refractivity contribution in [3.05, 3.63) is 22.4 Å². The fourth-order valence-corrected chi connectivity index (χ4v) is 3.14. The SMILES string of the molecule is CC[C@H](C)[C@@H](NS(C)(=O)=O)C(=O)OCCc1cccs1. The van der Waals surface area contributed by atoms with Crippen molar-refractivity contribution in [2.24, 2.45) is 5.92 Å². The highest BCUT2D eigenvalue weighted by Crippen LogP contribution is 2.12. The zero-order valence-corrected chi connectivity index (χ0v) is 13.6. The van der Waals surface area contributed by atoms with Gasteiger partial charge in [0.05, 0.1) is 12.9 Å². The molecular formula is C13H21NO4S2. The van der Waals surface area contributed by atoms with Gasteiger partial charge in [-0.25, -0.2) is 13.1 Å². The summed E-state index contributed by atoms with van der Waals surface area (Å²) in [7, 11) is -3.44. The maximum atomic E-state index is 12.0. The van der Waals surface area contributed by atoms with Crippen LogP contribution in [0.5, 0.6) is 0 Å². The Balaban J connectivity index is 2.54. The summed E-state index contributed by atoms with van der Waals surface area (Å²) in [5.74, 6) is -0.625. The van der Waals surface area contributed by atoms with Crippen molar-refractivity contribution in [3.8, 4) is 0 Å². The third-order valence-electron chi connectivity index (χ3n) is 2.98. The molecule has 1 rings (SSSR count). The lowest BCUT2D eigenvalue weighted by atomic mass is 10.0. The predicted octanol–water partition coefficient (Wildman–Crippen LogP) is 1.80. The van der Waals surface area contributed by atoms with Crippen LogP contribution in [0.4, 0.5) is 0 Å². The Bertz CT molecular complexity index is 510. The highest BCUT2D eigenvalue weighted by Gasteiger charge is 2.28. The molecule has 0 radical (unpaired) electrons. The molecule has 1 heterocycles. The summed E-state index contributed by atoms with van der Waals surface area (Å²) in [6.07, 6.45) is 2.38. The Morgan fingerprint density at radius 1 is 1.50 bits per heavy atom. The first-order valence-electron chi connectivity index (χ1n) is 6.49. The molecule has 0 aliphatic heterocycles. The van der Waals surface area contributed by atoms with Gasteiger partial charge in [-0.2, -0.15) is 0 Å². The van der Waals surface area contributed by atoms with Gasteiger partial charge in [0.25, 0.3) is 0 Å². The van der Waals surface area contributed by atoms with E-state index in [0.717, 1.165) is 11.1 Å². The molecule has 20 heavy (non-hydrogen) atoms. The Morgan fingerprint density at radius 2 is 2.20 bits per heavy atom. The molecule has 0 aliphatic carbocycles. The van der Waals surface area contributed by atoms with Gasteiger partial charge in [0.2, 0.25) is 10.0 Å². The lowest BCUT2D eigenvalue weighted by Crippen LogP contribution is -2.45. The minimum absolute atomic E-state index is 0.112. The van der Waals surface area contributed by atoms with Crippen LogP contribution >= 0.6 is 11.3 Å². The third-order valence-corrected chi connectivity index (χ3v) is 4.60. The Kier molecular flexibility index (Phi) is 6.64. The monoisotopic (exact) mass is 319 g/mol. The maximum absolute atomic E-state index is 12.0. The van der Waals surface area contributed by atoms with Crippen LogP contribution in [0.1, 0.15) is 25.1 Å². The molecule has 0 bridgehead atoms. The van der Waals surface area contributed by atoms with E-state index in [-0.39, 0.29) is 12.5 Å². The molecule has 0 amide bonds. The molecule has 0 fully saturated rings. The number of esters is 1. The third kappa shape index (κ3) is 6.02. The van der Waals surface area contributed by atoms with Crippen LogP contribution in [-0.2, 0) is 26.0 Å². The van der Waals surface area contributed by atoms with E-state index in [0.29, 0.717) is 12.8 Å². The molecule has 7 heteroatoms. The molecule has 1 aromatic heterocycles. The largest absolute Gasteiger partial charge is 0.464 e. The van der Waals surface area contributed by atoms with Gasteiger partial charge in [0, 0.05) is 11.3 Å². The van der Waals surface area contributed by atoms with Gasteiger partial charge in [-0.3, -0.25) is 4.79 Å². The van der Waals surface area contributed by atoms with Crippen LogP contribution in [0.3, 0.4) is 0 Å². The van der Waals surface area contributed by atoms with Gasteiger partial charge in [-0.1, -0.05) is 26.3 Å². The van der Waals surface area contributed by atoms with Crippen molar-refractivity contribution in [1.29, 1.82) is 0 Å². The summed E-state index contributed by atoms with van der Waals surface area (Å²) in [6.45, 7) is 3.99. The van der Waals surface area contributed by atoms with Crippen molar-refractivity contribution >= 4 is 27.3 Å². The van der Waals surface area contributed by atoms with Gasteiger partial charge in [0.1, 0.15) is 6.04 Å². The highest BCUT2D eigenvalue weighted by atomic mass is 32.2. The zero-order chi connectivity index (χ0) is 15.2. The Morgan fingerprint density at radius 3 is 2.70 bits per heavy atom. The van der Waals surface area contributed by atoms with E-state index in [4.69, 9.17) is 4.74 Å². The summed E-state index contributed by atoms with van der Waals surface area (Å²) in [4.78, 5) is 13.1. The summed E-state index contributed by atoms with van der Waals surface area (Å²) >= 11 is 1.60. The van der Waals surface area contributed by atoms with Crippen molar-refractivity contribution < 1.29 is 17.9 Å². The smallest absolute Gasteiger partial charge is 0.324 e. The fraction of sp³-hybridized carbons (Fsp3) is 0.615. The van der Waals surface area contributed by atoms with Crippen LogP contribution in [0.2, 0.25) is 0 Å². The van der Waals surface area contributed by atoms with Gasteiger partial charge in [0.15, 0.2) is 0 Å². The predicted molar refractivity (Wildman–Crippen MR) is 80.2 cm³/mol. The van der Waals surface area contributed by atoms with E-state index in [2.05, 4.69) is 4.72 Å². The summed E-state index contributed by atoms with van der Waals surface area (Å²) in [6, 6.07) is 3.09. The van der Waals surface area contributed by atoms with Gasteiger partial charge >= 0.3 is 5.97 Å². The molecule has 5 nitrogen and oxygen atoms in total. The Hall–Kier alpha value is -0.920. The lowest BCUT2D eigenvalue weighted by Gasteiger charge is -2.21. The number of hydrogen-bond acceptors (Lipinski definition) is 5. The molecule has 0 saturated heterocycles. The number of nitrogens with one attached hydrogen (secondary N) is 1. The van der Waals surface area contributed by atoms with Crippen molar-refractivity contribution in [2.45, 2.75) is 32.7 Å². The van der Waals surface area contributed by atoms with Crippen LogP contribution in [0, 0.1) is 5.92 Å². The number of carbonyl (C=O) groups excluding carboxylic acids is 1. The zero-order valence-electron chi connectivity index (χ0n) is 12.0. The van der Waals surface area contributed by atoms with Crippen LogP contribution in [-0.4, -0.2) is 33.3 Å². The van der Waals surface area contributed by atoms with Gasteiger partial charge in [-0.05, 0) is 17.4 Å². The quantitative estimate of drug-likeness (QED) is 0.742. The summed E-state index contributed by atoms with van der Waals surface area (Å²) in [5, 5.41) is 1.96. The first-order chi connectivity index (χ1) is 9.33. The van der Waals surface area contributed by atoms with E-state index in [1.54, 1.807) is 11.3 Å². The van der Waals surface area contributed by atoms with E-state index in [1.807, 2.05) is 31.4 Å². The molecule has 1 N–H and O–H groups in total. The molecule has 114 valence electrons. The average molecular weight is 319 g/mol. The molecule has 0 spiro atoms. The number of sulfonamides is 1. The number of carbonyl (C=O) groups is 1. The summed E-state index contributed by atoms with van der Waals surface area (Å²) in [5.41, 5.74) is 0. The normalized spacial score (nSPS) is 14.8. The first-order valence-corrected chi connectivity index (χ1v) is 9.27. The van der Waals surface area contributed by atoms with Gasteiger partial charge < -0.3 is 4.74 Å². The molecule has 1 aromatic rings. The molecule has 0 aliphatic rings. The van der Waals surface area contributed by atoms with Crippen molar-refractivity contribution in [3.63, 3.8) is 0 Å². The Labute approximate surface area is 124 Å². The molecular weight excluding hydrogens is 298 g/mol. The fourth-order valence-electron chi connectivity index (χ4n) is 1.66. The molecule has 0 aromatic carbocycles. The van der Waals surface area contributed by atoms with Crippen LogP contribution in [0.15, 0.2) is 17.5 Å². The standard InChI is InChI=1S/C13H21NO4S2/c1-4-10(2)12(14-20(3,16)17)13(15)18-8-7-11-6-5-9-19-11/h5-6,9-10,12,14H,4,7-8H2,1-3H3/t10-,12+/m0/s1. The van der Waals surface area contributed by atoms with Crippen molar-refractivity contribution in [2.75, 3.05) is 12.9 Å². The highest BCUT2D eigenvalue weighted by molar-refractivity contribution is 7.88. The second-order valence-corrected chi connectivity index (χ2v) is 7.56. The van der Waals surface area contributed by atoms with Gasteiger partial charge in [-0.15, -0.1) is 11.3 Å². The van der Waals surface area contributed by atoms with E-state index in [1.165, 1.54) is 0 Å². The molecule has 0 unspecified atom stereocenters. The minimum Gasteiger partial charge on any atom is -0.464 e. The topological polar surface area (TPSA) is 72.5 Å². The molecule has 2 atom stereocenters. The maximum Gasteiger partial charge on any atom is 0.324 e. The summed E-state index contributed by atoms with van der Waals surface area (Å²) < 4.78 is 30.2. The molecule has 0 saturated carbocycles. The lowest BCUT2D eigenvalue weighted by molar-refractivity contribution is -0.146. The van der Waals surface area contributed by atoms with E-state index >= 15 is 0 Å². The second-order valence-electron chi connectivity index (χ2n) is 4.75. The van der Waals surface area contributed by atoms with E-state index < -0.39 is 22.0 Å². The number of ether oxygens (including phenoxy) is 1. The van der Waals surface area contributed by atoms with Crippen LogP contribution < -0.4 is 4.72 Å². The van der Waals surface area contributed by atoms with E-state index in [9.17, 15) is 13.2 Å². The average Bonchev–Trinajstić information content (AvgIpc) is 2.87. The number of thiophene rings is 1. The number of rotatable bonds is 8.